The van der Waals surface area contributed by atoms with E-state index in [0.29, 0.717) is 4.91 Å². The fraction of sp³-hybridized carbons (Fsp3) is 0.200. The molecule has 1 heterocycles. The number of sulfonamides is 1. The minimum atomic E-state index is -3.87. The number of nitrogens with zero attached hydrogens (tertiary/aromatic N) is 3. The summed E-state index contributed by atoms with van der Waals surface area (Å²) >= 11 is 1.04. The van der Waals surface area contributed by atoms with E-state index in [0.717, 1.165) is 11.8 Å². The molecule has 0 unspecified atom stereocenters. The van der Waals surface area contributed by atoms with E-state index >= 15 is 0 Å². The summed E-state index contributed by atoms with van der Waals surface area (Å²) in [5, 5.41) is 0.131. The van der Waals surface area contributed by atoms with Gasteiger partial charge in [-0.05, 0) is 23.9 Å². The average molecular weight is 351 g/mol. The van der Waals surface area contributed by atoms with Crippen LogP contribution in [0.3, 0.4) is 0 Å². The van der Waals surface area contributed by atoms with Crippen molar-refractivity contribution in [2.45, 2.75) is 4.90 Å². The number of benzene rings is 1. The lowest BCUT2D eigenvalue weighted by molar-refractivity contribution is -0.121. The third-order valence-electron chi connectivity index (χ3n) is 2.81. The van der Waals surface area contributed by atoms with E-state index in [4.69, 9.17) is 0 Å². The van der Waals surface area contributed by atoms with Crippen molar-refractivity contribution in [1.29, 1.82) is 0 Å². The topological polar surface area (TPSA) is 70.1 Å². The van der Waals surface area contributed by atoms with Gasteiger partial charge in [-0.15, -0.1) is 11.0 Å². The van der Waals surface area contributed by atoms with Crippen molar-refractivity contribution in [2.24, 2.45) is 4.40 Å². The Balaban J connectivity index is 2.43. The minimum absolute atomic E-state index is 0.0872. The number of amides is 1. The molecule has 0 bridgehead atoms. The molecule has 0 atom stereocenters. The van der Waals surface area contributed by atoms with Crippen LogP contribution >= 0.6 is 11.8 Å². The maximum atomic E-state index is 12.4. The van der Waals surface area contributed by atoms with E-state index in [2.05, 4.69) is 11.0 Å². The summed E-state index contributed by atoms with van der Waals surface area (Å²) in [6, 6.07) is 7.91. The van der Waals surface area contributed by atoms with Crippen molar-refractivity contribution >= 4 is 32.9 Å². The number of hydrogen-bond acceptors (Lipinski definition) is 5. The Bertz CT molecular complexity index is 768. The molecule has 1 aromatic rings. The zero-order chi connectivity index (χ0) is 17.0. The summed E-state index contributed by atoms with van der Waals surface area (Å²) in [6.45, 7) is 3.79. The van der Waals surface area contributed by atoms with Crippen molar-refractivity contribution < 1.29 is 13.2 Å². The summed E-state index contributed by atoms with van der Waals surface area (Å²) in [7, 11) is -0.300. The van der Waals surface area contributed by atoms with Crippen molar-refractivity contribution in [3.63, 3.8) is 0 Å². The zero-order valence-corrected chi connectivity index (χ0v) is 14.5. The van der Waals surface area contributed by atoms with E-state index < -0.39 is 10.0 Å². The second-order valence-electron chi connectivity index (χ2n) is 4.93. The first-order valence-corrected chi connectivity index (χ1v) is 8.99. The maximum Gasteiger partial charge on any atom is 0.284 e. The quantitative estimate of drug-likeness (QED) is 0.598. The fourth-order valence-corrected chi connectivity index (χ4v) is 4.12. The first-order valence-electron chi connectivity index (χ1n) is 6.74. The second kappa shape index (κ2) is 7.01. The Morgan fingerprint density at radius 1 is 1.30 bits per heavy atom. The van der Waals surface area contributed by atoms with Crippen molar-refractivity contribution in [3.05, 3.63) is 54.1 Å². The van der Waals surface area contributed by atoms with E-state index in [1.807, 2.05) is 0 Å². The molecule has 0 aliphatic carbocycles. The van der Waals surface area contributed by atoms with Gasteiger partial charge in [0.05, 0.1) is 9.80 Å². The van der Waals surface area contributed by atoms with Gasteiger partial charge in [0, 0.05) is 26.8 Å². The molecule has 1 fully saturated rings. The third kappa shape index (κ3) is 4.02. The van der Waals surface area contributed by atoms with Crippen LogP contribution in [0.1, 0.15) is 0 Å². The van der Waals surface area contributed by atoms with Crippen LogP contribution in [0.2, 0.25) is 0 Å². The maximum absolute atomic E-state index is 12.4. The third-order valence-corrected chi connectivity index (χ3v) is 5.21. The summed E-state index contributed by atoms with van der Waals surface area (Å²) in [5.41, 5.74) is 0. The summed E-state index contributed by atoms with van der Waals surface area (Å²) in [6.07, 6.45) is 3.17. The average Bonchev–Trinajstić information content (AvgIpc) is 2.76. The van der Waals surface area contributed by atoms with Crippen LogP contribution in [0.5, 0.6) is 0 Å². The van der Waals surface area contributed by atoms with Gasteiger partial charge in [0.2, 0.25) is 0 Å². The van der Waals surface area contributed by atoms with Gasteiger partial charge in [-0.3, -0.25) is 9.69 Å². The Hall–Kier alpha value is -2.06. The van der Waals surface area contributed by atoms with Gasteiger partial charge in [-0.2, -0.15) is 8.42 Å². The molecule has 1 aliphatic rings. The Kier molecular flexibility index (Phi) is 5.27. The molecule has 2 rings (SSSR count). The molecule has 1 aliphatic heterocycles. The Labute approximate surface area is 140 Å². The number of thioether (sulfide) groups is 1. The SMILES string of the molecule is C=CCN1C(=O)/C(=C\N(C)C)S/C1=N/S(=O)(=O)c1ccccc1. The normalized spacial score (nSPS) is 18.7. The molecule has 1 saturated heterocycles. The number of amidine groups is 1. The van der Waals surface area contributed by atoms with Crippen LogP contribution in [0, 0.1) is 0 Å². The van der Waals surface area contributed by atoms with Crippen LogP contribution in [-0.2, 0) is 14.8 Å². The predicted octanol–water partition coefficient (Wildman–Crippen LogP) is 1.90. The van der Waals surface area contributed by atoms with Crippen molar-refractivity contribution in [1.82, 2.24) is 9.80 Å². The standard InChI is InChI=1S/C15H17N3O3S2/c1-4-10-18-14(19)13(11-17(2)3)22-15(18)16-23(20,21)12-8-6-5-7-9-12/h4-9,11H,1,10H2,2-3H3/b13-11+,16-15+. The smallest absolute Gasteiger partial charge is 0.284 e. The highest BCUT2D eigenvalue weighted by Gasteiger charge is 2.34. The van der Waals surface area contributed by atoms with Gasteiger partial charge in [0.15, 0.2) is 5.17 Å². The van der Waals surface area contributed by atoms with Crippen LogP contribution in [0.4, 0.5) is 0 Å². The van der Waals surface area contributed by atoms with Gasteiger partial charge in [-0.25, -0.2) is 0 Å². The lowest BCUT2D eigenvalue weighted by Gasteiger charge is -2.12. The fourth-order valence-electron chi connectivity index (χ4n) is 1.84. The summed E-state index contributed by atoms with van der Waals surface area (Å²) in [5.74, 6) is -0.286. The number of rotatable bonds is 5. The molecule has 1 aromatic carbocycles. The first kappa shape index (κ1) is 17.3. The highest BCUT2D eigenvalue weighted by Crippen LogP contribution is 2.32. The molecule has 0 radical (unpaired) electrons. The van der Waals surface area contributed by atoms with Crippen LogP contribution < -0.4 is 0 Å². The van der Waals surface area contributed by atoms with Gasteiger partial charge in [-0.1, -0.05) is 24.3 Å². The first-order chi connectivity index (χ1) is 10.8. The molecule has 0 N–H and O–H groups in total. The minimum Gasteiger partial charge on any atom is -0.382 e. The monoisotopic (exact) mass is 351 g/mol. The molecule has 0 saturated carbocycles. The largest absolute Gasteiger partial charge is 0.382 e. The van der Waals surface area contributed by atoms with Gasteiger partial charge in [0.1, 0.15) is 0 Å². The highest BCUT2D eigenvalue weighted by molar-refractivity contribution is 8.19. The van der Waals surface area contributed by atoms with E-state index in [9.17, 15) is 13.2 Å². The number of hydrogen-bond donors (Lipinski definition) is 0. The highest BCUT2D eigenvalue weighted by atomic mass is 32.2. The molecule has 122 valence electrons. The van der Waals surface area contributed by atoms with Gasteiger partial charge in [0.25, 0.3) is 15.9 Å². The predicted molar refractivity (Wildman–Crippen MR) is 92.3 cm³/mol. The molecular weight excluding hydrogens is 334 g/mol. The molecule has 23 heavy (non-hydrogen) atoms. The number of carbonyl (C=O) groups excluding carboxylic acids is 1. The molecular formula is C15H17N3O3S2. The van der Waals surface area contributed by atoms with Crippen LogP contribution in [-0.4, -0.2) is 49.9 Å². The van der Waals surface area contributed by atoms with Crippen LogP contribution in [0.25, 0.3) is 0 Å². The Morgan fingerprint density at radius 2 is 1.96 bits per heavy atom. The summed E-state index contributed by atoms with van der Waals surface area (Å²) < 4.78 is 28.6. The molecule has 6 nitrogen and oxygen atoms in total. The zero-order valence-electron chi connectivity index (χ0n) is 12.8. The van der Waals surface area contributed by atoms with Gasteiger partial charge < -0.3 is 4.90 Å². The lowest BCUT2D eigenvalue weighted by Crippen LogP contribution is -2.30. The molecule has 0 aromatic heterocycles. The molecule has 1 amide bonds. The lowest BCUT2D eigenvalue weighted by atomic mass is 10.4. The van der Waals surface area contributed by atoms with Crippen molar-refractivity contribution in [2.75, 3.05) is 20.6 Å². The van der Waals surface area contributed by atoms with Crippen LogP contribution in [0.15, 0.2) is 63.4 Å². The second-order valence-corrected chi connectivity index (χ2v) is 7.54. The van der Waals surface area contributed by atoms with E-state index in [1.54, 1.807) is 43.4 Å². The number of carbonyl (C=O) groups is 1. The van der Waals surface area contributed by atoms with E-state index in [1.165, 1.54) is 23.1 Å². The molecule has 0 spiro atoms. The summed E-state index contributed by atoms with van der Waals surface area (Å²) in [4.78, 5) is 15.9. The van der Waals surface area contributed by atoms with Gasteiger partial charge >= 0.3 is 0 Å². The van der Waals surface area contributed by atoms with E-state index in [-0.39, 0.29) is 22.5 Å². The Morgan fingerprint density at radius 3 is 2.52 bits per heavy atom. The van der Waals surface area contributed by atoms with Crippen molar-refractivity contribution in [3.8, 4) is 0 Å². The molecule has 8 heteroatoms.